The van der Waals surface area contributed by atoms with Crippen LogP contribution in [0.4, 0.5) is 0 Å². The van der Waals surface area contributed by atoms with Gasteiger partial charge in [0.15, 0.2) is 0 Å². The standard InChI is InChI=1S/C14H19N2O3P/c1-4-18-20(17,19-5-2)10-14-11(3)15-12-8-6-7-9-13(12)16-14/h6-9H,4-5,10H2,1-3H3. The maximum atomic E-state index is 12.6. The number of aryl methyl sites for hydroxylation is 1. The normalized spacial score (nSPS) is 11.9. The zero-order valence-corrected chi connectivity index (χ0v) is 12.9. The van der Waals surface area contributed by atoms with Crippen LogP contribution in [0.3, 0.4) is 0 Å². The largest absolute Gasteiger partial charge is 0.336 e. The Hall–Kier alpha value is -1.29. The molecule has 0 saturated heterocycles. The van der Waals surface area contributed by atoms with Crippen LogP contribution in [0.15, 0.2) is 24.3 Å². The quantitative estimate of drug-likeness (QED) is 0.760. The second kappa shape index (κ2) is 6.44. The van der Waals surface area contributed by atoms with Crippen molar-refractivity contribution in [2.24, 2.45) is 0 Å². The zero-order valence-electron chi connectivity index (χ0n) is 12.0. The fraction of sp³-hybridized carbons (Fsp3) is 0.429. The third-order valence-corrected chi connectivity index (χ3v) is 4.83. The number of aromatic nitrogens is 2. The van der Waals surface area contributed by atoms with E-state index in [1.165, 1.54) is 0 Å². The van der Waals surface area contributed by atoms with Gasteiger partial charge in [0.05, 0.1) is 41.8 Å². The van der Waals surface area contributed by atoms with Gasteiger partial charge >= 0.3 is 7.60 Å². The summed E-state index contributed by atoms with van der Waals surface area (Å²) in [6.07, 6.45) is 0.151. The average Bonchev–Trinajstić information content (AvgIpc) is 2.40. The predicted octanol–water partition coefficient (Wildman–Crippen LogP) is 3.70. The summed E-state index contributed by atoms with van der Waals surface area (Å²) in [4.78, 5) is 9.01. The molecule has 2 aromatic rings. The van der Waals surface area contributed by atoms with Crippen LogP contribution >= 0.6 is 7.60 Å². The van der Waals surface area contributed by atoms with Crippen LogP contribution in [0.1, 0.15) is 25.2 Å². The summed E-state index contributed by atoms with van der Waals surface area (Å²) in [6.45, 7) is 6.14. The first-order valence-electron chi connectivity index (χ1n) is 6.68. The smallest absolute Gasteiger partial charge is 0.309 e. The highest BCUT2D eigenvalue weighted by Crippen LogP contribution is 2.51. The first-order chi connectivity index (χ1) is 9.58. The van der Waals surface area contributed by atoms with Gasteiger partial charge in [0.25, 0.3) is 0 Å². The van der Waals surface area contributed by atoms with Gasteiger partial charge in [0.2, 0.25) is 0 Å². The van der Waals surface area contributed by atoms with E-state index in [-0.39, 0.29) is 6.16 Å². The van der Waals surface area contributed by atoms with E-state index < -0.39 is 7.60 Å². The molecule has 1 aromatic carbocycles. The summed E-state index contributed by atoms with van der Waals surface area (Å²) >= 11 is 0. The molecule has 2 rings (SSSR count). The van der Waals surface area contributed by atoms with Crippen LogP contribution in [-0.4, -0.2) is 23.2 Å². The molecule has 1 aromatic heterocycles. The van der Waals surface area contributed by atoms with E-state index in [9.17, 15) is 4.57 Å². The van der Waals surface area contributed by atoms with Crippen molar-refractivity contribution in [3.05, 3.63) is 35.7 Å². The Morgan fingerprint density at radius 1 is 1.05 bits per heavy atom. The fourth-order valence-corrected chi connectivity index (χ4v) is 3.69. The van der Waals surface area contributed by atoms with E-state index in [0.29, 0.717) is 18.9 Å². The van der Waals surface area contributed by atoms with Crippen LogP contribution in [0.2, 0.25) is 0 Å². The number of rotatable bonds is 6. The lowest BCUT2D eigenvalue weighted by Crippen LogP contribution is -2.04. The van der Waals surface area contributed by atoms with E-state index in [2.05, 4.69) is 9.97 Å². The Morgan fingerprint density at radius 2 is 1.60 bits per heavy atom. The van der Waals surface area contributed by atoms with Gasteiger partial charge in [0.1, 0.15) is 0 Å². The van der Waals surface area contributed by atoms with Gasteiger partial charge < -0.3 is 9.05 Å². The highest BCUT2D eigenvalue weighted by molar-refractivity contribution is 7.53. The fourth-order valence-electron chi connectivity index (χ4n) is 1.98. The molecular formula is C14H19N2O3P. The molecular weight excluding hydrogens is 275 g/mol. The van der Waals surface area contributed by atoms with Crippen LogP contribution < -0.4 is 0 Å². The Bertz CT molecular complexity index is 635. The van der Waals surface area contributed by atoms with E-state index in [4.69, 9.17) is 9.05 Å². The summed E-state index contributed by atoms with van der Waals surface area (Å²) in [5.74, 6) is 0. The minimum atomic E-state index is -3.15. The Labute approximate surface area is 118 Å². The molecule has 108 valence electrons. The first-order valence-corrected chi connectivity index (χ1v) is 8.41. The van der Waals surface area contributed by atoms with E-state index >= 15 is 0 Å². The van der Waals surface area contributed by atoms with Crippen molar-refractivity contribution in [1.29, 1.82) is 0 Å². The maximum absolute atomic E-state index is 12.6. The van der Waals surface area contributed by atoms with E-state index in [0.717, 1.165) is 16.7 Å². The molecule has 0 N–H and O–H groups in total. The number of fused-ring (bicyclic) bond motifs is 1. The molecule has 0 radical (unpaired) electrons. The van der Waals surface area contributed by atoms with Gasteiger partial charge in [-0.25, -0.2) is 9.97 Å². The molecule has 0 aliphatic heterocycles. The lowest BCUT2D eigenvalue weighted by atomic mass is 10.2. The second-order valence-corrected chi connectivity index (χ2v) is 6.40. The Balaban J connectivity index is 2.36. The van der Waals surface area contributed by atoms with Gasteiger partial charge in [0, 0.05) is 0 Å². The summed E-state index contributed by atoms with van der Waals surface area (Å²) in [5.41, 5.74) is 3.03. The second-order valence-electron chi connectivity index (χ2n) is 4.35. The molecule has 0 fully saturated rings. The molecule has 0 atom stereocenters. The SMILES string of the molecule is CCOP(=O)(Cc1nc2ccccc2nc1C)OCC. The third-order valence-electron chi connectivity index (χ3n) is 2.84. The van der Waals surface area contributed by atoms with Gasteiger partial charge in [-0.15, -0.1) is 0 Å². The van der Waals surface area contributed by atoms with Crippen LogP contribution in [0, 0.1) is 6.92 Å². The lowest BCUT2D eigenvalue weighted by Gasteiger charge is -2.17. The van der Waals surface area contributed by atoms with Gasteiger partial charge in [-0.1, -0.05) is 12.1 Å². The Morgan fingerprint density at radius 3 is 2.15 bits per heavy atom. The van der Waals surface area contributed by atoms with E-state index in [1.54, 1.807) is 13.8 Å². The molecule has 1 heterocycles. The monoisotopic (exact) mass is 294 g/mol. The Kier molecular flexibility index (Phi) is 4.86. The number of nitrogens with zero attached hydrogens (tertiary/aromatic N) is 2. The summed E-state index contributed by atoms with van der Waals surface area (Å²) in [5, 5.41) is 0. The van der Waals surface area contributed by atoms with Crippen molar-refractivity contribution in [3.63, 3.8) is 0 Å². The minimum absolute atomic E-state index is 0.151. The number of benzene rings is 1. The minimum Gasteiger partial charge on any atom is -0.309 e. The van der Waals surface area contributed by atoms with Crippen molar-refractivity contribution in [2.45, 2.75) is 26.9 Å². The first kappa shape index (κ1) is 15.1. The molecule has 0 spiro atoms. The molecule has 0 aliphatic rings. The van der Waals surface area contributed by atoms with E-state index in [1.807, 2.05) is 31.2 Å². The lowest BCUT2D eigenvalue weighted by molar-refractivity contribution is 0.219. The number of hydrogen-bond donors (Lipinski definition) is 0. The number of hydrogen-bond acceptors (Lipinski definition) is 5. The molecule has 0 aliphatic carbocycles. The third kappa shape index (κ3) is 3.42. The number of para-hydroxylation sites is 2. The van der Waals surface area contributed by atoms with Crippen LogP contribution in [0.25, 0.3) is 11.0 Å². The van der Waals surface area contributed by atoms with Crippen LogP contribution in [0.5, 0.6) is 0 Å². The zero-order chi connectivity index (χ0) is 14.6. The average molecular weight is 294 g/mol. The molecule has 20 heavy (non-hydrogen) atoms. The van der Waals surface area contributed by atoms with Crippen LogP contribution in [-0.2, 0) is 19.8 Å². The molecule has 5 nitrogen and oxygen atoms in total. The summed E-state index contributed by atoms with van der Waals surface area (Å²) in [6, 6.07) is 7.61. The maximum Gasteiger partial charge on any atom is 0.336 e. The topological polar surface area (TPSA) is 61.3 Å². The highest BCUT2D eigenvalue weighted by Gasteiger charge is 2.26. The van der Waals surface area contributed by atoms with Gasteiger partial charge in [-0.2, -0.15) is 0 Å². The highest BCUT2D eigenvalue weighted by atomic mass is 31.2. The molecule has 0 bridgehead atoms. The molecule has 6 heteroatoms. The van der Waals surface area contributed by atoms with Gasteiger partial charge in [-0.05, 0) is 32.9 Å². The van der Waals surface area contributed by atoms with Crippen molar-refractivity contribution < 1.29 is 13.6 Å². The van der Waals surface area contributed by atoms with Crippen molar-refractivity contribution in [2.75, 3.05) is 13.2 Å². The van der Waals surface area contributed by atoms with Crippen molar-refractivity contribution >= 4 is 18.6 Å². The predicted molar refractivity (Wildman–Crippen MR) is 78.8 cm³/mol. The molecule has 0 saturated carbocycles. The van der Waals surface area contributed by atoms with Gasteiger partial charge in [-0.3, -0.25) is 4.57 Å². The molecule has 0 amide bonds. The summed E-state index contributed by atoms with van der Waals surface area (Å²) < 4.78 is 23.2. The van der Waals surface area contributed by atoms with Crippen molar-refractivity contribution in [3.8, 4) is 0 Å². The molecule has 0 unspecified atom stereocenters. The van der Waals surface area contributed by atoms with Crippen molar-refractivity contribution in [1.82, 2.24) is 9.97 Å². The summed E-state index contributed by atoms with van der Waals surface area (Å²) in [7, 11) is -3.15.